The molecule has 2 heterocycles. The maximum absolute atomic E-state index is 14.1. The number of nitrogens with one attached hydrogen (secondary N) is 4. The second-order valence-corrected chi connectivity index (χ2v) is 25.2. The number of amides is 6. The number of benzene rings is 2. The van der Waals surface area contributed by atoms with Gasteiger partial charge in [-0.1, -0.05) is 61.9 Å². The Balaban J connectivity index is 0.562. The molecule has 22 nitrogen and oxygen atoms in total. The van der Waals surface area contributed by atoms with E-state index in [0.29, 0.717) is 64.7 Å². The quantitative estimate of drug-likeness (QED) is 0.0937. The number of allylic oxidation sites excluding steroid dienone is 4. The van der Waals surface area contributed by atoms with Crippen molar-refractivity contribution < 1.29 is 82.3 Å². The molecule has 2 saturated heterocycles. The van der Waals surface area contributed by atoms with Gasteiger partial charge in [0.05, 0.1) is 30.7 Å². The van der Waals surface area contributed by atoms with Gasteiger partial charge in [-0.05, 0) is 127 Å². The zero-order chi connectivity index (χ0) is 57.6. The summed E-state index contributed by atoms with van der Waals surface area (Å²) in [6, 6.07) is 13.4. The molecule has 2 aromatic carbocycles. The van der Waals surface area contributed by atoms with E-state index in [0.717, 1.165) is 30.4 Å². The molecule has 82 heavy (non-hydrogen) atoms. The number of anilines is 1. The molecule has 22 heteroatoms. The molecule has 0 bridgehead atoms. The number of Topliss-reactive ketones (excluding diaryl/α,β-unsaturated/α-hetero) is 1. The molecule has 0 radical (unpaired) electrons. The lowest BCUT2D eigenvalue weighted by atomic mass is 8.94. The van der Waals surface area contributed by atoms with Crippen LogP contribution in [0.25, 0.3) is 0 Å². The Labute approximate surface area is 470 Å². The first-order valence-electron chi connectivity index (χ1n) is 28.6. The third kappa shape index (κ3) is 7.64. The van der Waals surface area contributed by atoms with Gasteiger partial charge in [0.2, 0.25) is 17.7 Å². The number of carbonyl (C=O) groups excluding carboxylic acids is 9. The minimum atomic E-state index is -1.43. The summed E-state index contributed by atoms with van der Waals surface area (Å²) in [4.78, 5) is 129. The average molecular weight is 1130 g/mol. The van der Waals surface area contributed by atoms with Crippen LogP contribution in [0.1, 0.15) is 101 Å². The number of hydrogen-bond acceptors (Lipinski definition) is 16. The van der Waals surface area contributed by atoms with Crippen LogP contribution in [-0.4, -0.2) is 122 Å². The van der Waals surface area contributed by atoms with Gasteiger partial charge in [0.25, 0.3) is 11.8 Å². The van der Waals surface area contributed by atoms with Gasteiger partial charge in [-0.2, -0.15) is 0 Å². The SMILES string of the molecule is C[C@]12C=CC(=O)C=C1CC[C@@H]1[C@@H]2[C@@H](O)C[C@@]2(C)[C@H]1C[C@H]1OC(c3ccc(CC45C6C7C4C4C5C6C74NC(=O)OCc4ccc(NC(=O)[C@H](CCC(=O)O)NC(=O)CNC(=O)CCC(=O)ON5C(=O)CCC5=O)cc4)cc3)O[C@]12C(=O)CO. The van der Waals surface area contributed by atoms with E-state index in [4.69, 9.17) is 19.0 Å². The number of ketones is 2. The first-order chi connectivity index (χ1) is 39.2. The van der Waals surface area contributed by atoms with E-state index in [1.807, 2.05) is 25.1 Å². The normalized spacial score (nSPS) is 38.7. The second-order valence-electron chi connectivity index (χ2n) is 25.2. The van der Waals surface area contributed by atoms with Crippen molar-refractivity contribution >= 4 is 64.8 Å². The lowest BCUT2D eigenvalue weighted by Gasteiger charge is -3.11. The number of hydroxylamine groups is 2. The number of carboxylic acids is 1. The Morgan fingerprint density at radius 3 is 2.18 bits per heavy atom. The maximum atomic E-state index is 14.1. The summed E-state index contributed by atoms with van der Waals surface area (Å²) in [5, 5.41) is 42.7. The summed E-state index contributed by atoms with van der Waals surface area (Å²) in [6.07, 6.45) is 4.15. The number of imide groups is 1. The number of alkyl carbamates (subject to hydrolysis) is 1. The fraction of sp³-hybridized carbons (Fsp3) is 0.567. The Hall–Kier alpha value is -7.14. The second kappa shape index (κ2) is 19.2. The summed E-state index contributed by atoms with van der Waals surface area (Å²) in [5.41, 5.74) is 1.36. The zero-order valence-corrected chi connectivity index (χ0v) is 45.3. The molecule has 432 valence electrons. The third-order valence-electron chi connectivity index (χ3n) is 21.8. The van der Waals surface area contributed by atoms with Crippen molar-refractivity contribution in [2.75, 3.05) is 18.5 Å². The van der Waals surface area contributed by atoms with E-state index in [2.05, 4.69) is 40.3 Å². The van der Waals surface area contributed by atoms with Gasteiger partial charge in [-0.15, -0.1) is 5.06 Å². The van der Waals surface area contributed by atoms with Crippen LogP contribution >= 0.6 is 0 Å². The van der Waals surface area contributed by atoms with Crippen molar-refractivity contribution in [2.24, 2.45) is 69.5 Å². The van der Waals surface area contributed by atoms with Crippen LogP contribution in [0.4, 0.5) is 10.5 Å². The van der Waals surface area contributed by atoms with Crippen molar-refractivity contribution in [3.8, 4) is 0 Å². The van der Waals surface area contributed by atoms with Crippen LogP contribution in [-0.2, 0) is 75.2 Å². The number of hydrogen-bond donors (Lipinski definition) is 7. The van der Waals surface area contributed by atoms with Gasteiger partial charge in [0.1, 0.15) is 19.3 Å². The van der Waals surface area contributed by atoms with E-state index in [1.54, 1.807) is 36.4 Å². The monoisotopic (exact) mass is 1130 g/mol. The lowest BCUT2D eigenvalue weighted by molar-refractivity contribution is -0.624. The predicted octanol–water partition coefficient (Wildman–Crippen LogP) is 3.04. The summed E-state index contributed by atoms with van der Waals surface area (Å²) in [5.74, 6) is -3.41. The van der Waals surface area contributed by atoms with E-state index >= 15 is 0 Å². The van der Waals surface area contributed by atoms with Crippen molar-refractivity contribution in [1.29, 1.82) is 0 Å². The molecular formula is C60H65N5O17. The molecule has 12 aliphatic rings. The van der Waals surface area contributed by atoms with Crippen LogP contribution in [0.15, 0.2) is 72.3 Å². The van der Waals surface area contributed by atoms with Gasteiger partial charge < -0.3 is 55.6 Å². The number of ether oxygens (including phenoxy) is 3. The standard InChI is InChI=1S/C60H65N5O17/c1-56-20-19-33(67)21-31(56)9-12-34-35-22-39-60(38(69)26-66,57(35,2)24-37(68)46(34)56)81-54(80-39)30-7-3-28(4-8-30)23-58-47-50-48(58)52-49(58)51(47)59(50,52)64-55(78)79-27-29-5-10-32(11-6-29)62-53(77)36(13-17-44(74)75)63-41(71)25-61-40(70)14-18-45(76)82-65-42(72)15-16-43(65)73/h3-8,10-11,19-21,34-37,39,46-52,54,66,68H,9,12-18,22-27H2,1-2H3,(H,61,70)(H,62,77)(H,63,71)(H,64,78)(H,74,75)/t34-,35-,36-,37-,39+,46+,47?,48?,49?,50?,51?,52?,54?,56-,57-,58?,59?,60+/m0/s1. The van der Waals surface area contributed by atoms with Gasteiger partial charge in [0.15, 0.2) is 23.5 Å². The number of carboxylic acid groups (broad SMARTS) is 1. The van der Waals surface area contributed by atoms with Crippen LogP contribution in [0.3, 0.4) is 0 Å². The van der Waals surface area contributed by atoms with Crippen LogP contribution in [0, 0.1) is 69.5 Å². The number of aliphatic hydroxyl groups is 2. The molecule has 9 saturated carbocycles. The van der Waals surface area contributed by atoms with E-state index in [-0.39, 0.29) is 60.4 Å². The predicted molar refractivity (Wildman–Crippen MR) is 280 cm³/mol. The first kappa shape index (κ1) is 54.1. The molecule has 11 fully saturated rings. The highest BCUT2D eigenvalue weighted by Crippen LogP contribution is 3.07. The number of aliphatic hydroxyl groups excluding tert-OH is 2. The highest BCUT2D eigenvalue weighted by molar-refractivity contribution is 6.02. The van der Waals surface area contributed by atoms with Crippen molar-refractivity contribution in [3.05, 3.63) is 89.0 Å². The Morgan fingerprint density at radius 2 is 1.51 bits per heavy atom. The minimum absolute atomic E-state index is 0.00173. The topological polar surface area (TPSA) is 320 Å². The molecule has 14 rings (SSSR count). The zero-order valence-electron chi connectivity index (χ0n) is 45.3. The Bertz CT molecular complexity index is 3140. The third-order valence-corrected chi connectivity index (χ3v) is 21.8. The fourth-order valence-electron chi connectivity index (χ4n) is 18.7. The molecule has 7 N–H and O–H groups in total. The van der Waals surface area contributed by atoms with Crippen LogP contribution in [0.5, 0.6) is 0 Å². The maximum Gasteiger partial charge on any atom is 0.407 e. The molecule has 2 aliphatic heterocycles. The van der Waals surface area contributed by atoms with Gasteiger partial charge in [-0.25, -0.2) is 9.59 Å². The summed E-state index contributed by atoms with van der Waals surface area (Å²) < 4.78 is 19.2. The molecule has 0 spiro atoms. The smallest absolute Gasteiger partial charge is 0.407 e. The van der Waals surface area contributed by atoms with Crippen molar-refractivity contribution in [3.63, 3.8) is 0 Å². The number of carbonyl (C=O) groups is 10. The number of fused-ring (bicyclic) bond motifs is 7. The van der Waals surface area contributed by atoms with Gasteiger partial charge in [0, 0.05) is 53.7 Å². The molecular weight excluding hydrogens is 1060 g/mol. The molecule has 0 aromatic heterocycles. The van der Waals surface area contributed by atoms with Crippen molar-refractivity contribution in [2.45, 2.75) is 127 Å². The molecule has 2 aromatic rings. The highest BCUT2D eigenvalue weighted by atomic mass is 16.7. The summed E-state index contributed by atoms with van der Waals surface area (Å²) in [7, 11) is 0. The van der Waals surface area contributed by atoms with E-state index in [9.17, 15) is 63.3 Å². The van der Waals surface area contributed by atoms with Crippen LogP contribution in [0.2, 0.25) is 0 Å². The molecule has 10 atom stereocenters. The Morgan fingerprint density at radius 1 is 0.829 bits per heavy atom. The highest BCUT2D eigenvalue weighted by Gasteiger charge is 3.10. The molecule has 10 aliphatic carbocycles. The van der Waals surface area contributed by atoms with Gasteiger partial charge >= 0.3 is 18.0 Å². The lowest BCUT2D eigenvalue weighted by Crippen LogP contribution is -3.15. The van der Waals surface area contributed by atoms with E-state index < -0.39 is 127 Å². The molecule has 6 amide bonds. The van der Waals surface area contributed by atoms with E-state index in [1.165, 1.54) is 5.56 Å². The fourth-order valence-corrected chi connectivity index (χ4v) is 18.7. The average Bonchev–Trinajstić information content (AvgIpc) is 0.602. The van der Waals surface area contributed by atoms with Crippen LogP contribution < -0.4 is 21.3 Å². The van der Waals surface area contributed by atoms with Crippen molar-refractivity contribution in [1.82, 2.24) is 21.0 Å². The molecule has 1 unspecified atom stereocenters. The number of nitrogens with zero attached hydrogens (tertiary/aromatic N) is 1. The summed E-state index contributed by atoms with van der Waals surface area (Å²) >= 11 is 0. The minimum Gasteiger partial charge on any atom is -0.481 e. The number of rotatable bonds is 20. The largest absolute Gasteiger partial charge is 0.481 e. The summed E-state index contributed by atoms with van der Waals surface area (Å²) in [6.45, 7) is 2.82. The Kier molecular flexibility index (Phi) is 12.7. The number of aliphatic carboxylic acids is 1. The first-order valence-corrected chi connectivity index (χ1v) is 28.6. The van der Waals surface area contributed by atoms with Gasteiger partial charge in [-0.3, -0.25) is 38.4 Å².